The van der Waals surface area contributed by atoms with Crippen molar-refractivity contribution < 1.29 is 4.74 Å². The van der Waals surface area contributed by atoms with Crippen molar-refractivity contribution in [2.24, 2.45) is 0 Å². The van der Waals surface area contributed by atoms with Crippen LogP contribution in [0.5, 0.6) is 5.75 Å². The lowest BCUT2D eigenvalue weighted by molar-refractivity contribution is 0.299. The summed E-state index contributed by atoms with van der Waals surface area (Å²) in [5.74, 6) is 0.922. The first-order valence-corrected chi connectivity index (χ1v) is 7.49. The largest absolute Gasteiger partial charge is 0.487 e. The maximum absolute atomic E-state index is 5.89. The third kappa shape index (κ3) is 4.30. The van der Waals surface area contributed by atoms with Crippen LogP contribution in [0.4, 0.5) is 0 Å². The minimum absolute atomic E-state index is 0.362. The molecule has 1 atom stereocenters. The predicted molar refractivity (Wildman–Crippen MR) is 86.6 cm³/mol. The van der Waals surface area contributed by atoms with E-state index in [1.54, 1.807) is 0 Å². The number of ether oxygens (including phenoxy) is 1. The second-order valence-electron chi connectivity index (χ2n) is 5.36. The number of nitrogens with one attached hydrogen (secondary N) is 1. The summed E-state index contributed by atoms with van der Waals surface area (Å²) < 4.78 is 5.89. The quantitative estimate of drug-likeness (QED) is 0.872. The Bertz CT molecular complexity index is 596. The van der Waals surface area contributed by atoms with Crippen molar-refractivity contribution in [2.75, 3.05) is 6.54 Å². The highest BCUT2D eigenvalue weighted by Crippen LogP contribution is 2.23. The fourth-order valence-electron chi connectivity index (χ4n) is 2.36. The van der Waals surface area contributed by atoms with Crippen molar-refractivity contribution in [3.05, 3.63) is 58.9 Å². The highest BCUT2D eigenvalue weighted by atomic mass is 16.5. The van der Waals surface area contributed by atoms with Crippen LogP contribution in [0.1, 0.15) is 42.4 Å². The molecule has 0 bridgehead atoms. The first-order valence-electron chi connectivity index (χ1n) is 7.49. The van der Waals surface area contributed by atoms with Crippen molar-refractivity contribution in [3.63, 3.8) is 0 Å². The molecule has 0 aliphatic rings. The molecule has 1 unspecified atom stereocenters. The van der Waals surface area contributed by atoms with E-state index in [0.717, 1.165) is 29.2 Å². The van der Waals surface area contributed by atoms with Crippen molar-refractivity contribution >= 4 is 0 Å². The standard InChI is InChI=1S/C18H24N2O/c1-5-19-15(4)16-9-10-18(13(2)11-16)21-12-17-8-6-7-14(3)20-17/h6-11,15,19H,5,12H2,1-4H3. The molecule has 1 heterocycles. The maximum atomic E-state index is 5.89. The molecule has 1 aromatic heterocycles. The van der Waals surface area contributed by atoms with E-state index in [0.29, 0.717) is 12.6 Å². The van der Waals surface area contributed by atoms with Gasteiger partial charge in [0, 0.05) is 11.7 Å². The van der Waals surface area contributed by atoms with Crippen molar-refractivity contribution in [1.82, 2.24) is 10.3 Å². The molecule has 0 aliphatic heterocycles. The van der Waals surface area contributed by atoms with Gasteiger partial charge in [-0.1, -0.05) is 25.1 Å². The summed E-state index contributed by atoms with van der Waals surface area (Å²) in [5.41, 5.74) is 4.42. The second kappa shape index (κ2) is 7.23. The van der Waals surface area contributed by atoms with Crippen molar-refractivity contribution in [1.29, 1.82) is 0 Å². The Morgan fingerprint density at radius 2 is 2.00 bits per heavy atom. The average molecular weight is 284 g/mol. The van der Waals surface area contributed by atoms with Crippen LogP contribution in [0.3, 0.4) is 0 Å². The maximum Gasteiger partial charge on any atom is 0.130 e. The third-order valence-electron chi connectivity index (χ3n) is 3.53. The number of pyridine rings is 1. The highest BCUT2D eigenvalue weighted by molar-refractivity contribution is 5.37. The van der Waals surface area contributed by atoms with Gasteiger partial charge in [-0.2, -0.15) is 0 Å². The molecule has 3 heteroatoms. The Labute approximate surface area is 127 Å². The Morgan fingerprint density at radius 3 is 2.67 bits per heavy atom. The van der Waals surface area contributed by atoms with Gasteiger partial charge in [-0.3, -0.25) is 4.98 Å². The molecule has 21 heavy (non-hydrogen) atoms. The van der Waals surface area contributed by atoms with E-state index in [9.17, 15) is 0 Å². The average Bonchev–Trinajstić information content (AvgIpc) is 2.46. The van der Waals surface area contributed by atoms with Gasteiger partial charge >= 0.3 is 0 Å². The number of aromatic nitrogens is 1. The molecule has 0 aliphatic carbocycles. The third-order valence-corrected chi connectivity index (χ3v) is 3.53. The number of nitrogens with zero attached hydrogens (tertiary/aromatic N) is 1. The molecular weight excluding hydrogens is 260 g/mol. The molecule has 0 spiro atoms. The Hall–Kier alpha value is -1.87. The molecule has 112 valence electrons. The molecule has 1 N–H and O–H groups in total. The zero-order valence-electron chi connectivity index (χ0n) is 13.3. The zero-order chi connectivity index (χ0) is 15.2. The zero-order valence-corrected chi connectivity index (χ0v) is 13.3. The minimum atomic E-state index is 0.362. The SMILES string of the molecule is CCNC(C)c1ccc(OCc2cccc(C)n2)c(C)c1. The number of hydrogen-bond donors (Lipinski definition) is 1. The summed E-state index contributed by atoms with van der Waals surface area (Å²) in [5, 5.41) is 3.42. The van der Waals surface area contributed by atoms with Crippen LogP contribution in [-0.4, -0.2) is 11.5 Å². The number of benzene rings is 1. The van der Waals surface area contributed by atoms with Crippen molar-refractivity contribution in [2.45, 2.75) is 40.3 Å². The molecule has 0 radical (unpaired) electrons. The summed E-state index contributed by atoms with van der Waals surface area (Å²) in [4.78, 5) is 4.45. The molecule has 0 saturated heterocycles. The minimum Gasteiger partial charge on any atom is -0.487 e. The van der Waals surface area contributed by atoms with Crippen LogP contribution < -0.4 is 10.1 Å². The van der Waals surface area contributed by atoms with Gasteiger partial charge in [-0.25, -0.2) is 0 Å². The number of hydrogen-bond acceptors (Lipinski definition) is 3. The van der Waals surface area contributed by atoms with Gasteiger partial charge in [-0.05, 0) is 56.6 Å². The summed E-state index contributed by atoms with van der Waals surface area (Å²) in [6, 6.07) is 12.7. The van der Waals surface area contributed by atoms with Gasteiger partial charge < -0.3 is 10.1 Å². The first-order chi connectivity index (χ1) is 10.1. The Kier molecular flexibility index (Phi) is 5.34. The molecule has 3 nitrogen and oxygen atoms in total. The molecule has 0 saturated carbocycles. The van der Waals surface area contributed by atoms with Crippen LogP contribution in [-0.2, 0) is 6.61 Å². The van der Waals surface area contributed by atoms with E-state index in [1.807, 2.05) is 31.2 Å². The van der Waals surface area contributed by atoms with E-state index >= 15 is 0 Å². The van der Waals surface area contributed by atoms with Crippen LogP contribution in [0, 0.1) is 13.8 Å². The first kappa shape index (κ1) is 15.5. The monoisotopic (exact) mass is 284 g/mol. The fourth-order valence-corrected chi connectivity index (χ4v) is 2.36. The molecular formula is C18H24N2O. The van der Waals surface area contributed by atoms with Gasteiger partial charge in [-0.15, -0.1) is 0 Å². The van der Waals surface area contributed by atoms with Crippen molar-refractivity contribution in [3.8, 4) is 5.75 Å². The molecule has 1 aromatic carbocycles. The summed E-state index contributed by atoms with van der Waals surface area (Å²) >= 11 is 0. The predicted octanol–water partition coefficient (Wildman–Crippen LogP) is 3.95. The van der Waals surface area contributed by atoms with Crippen LogP contribution in [0.2, 0.25) is 0 Å². The van der Waals surface area contributed by atoms with Gasteiger partial charge in [0.05, 0.1) is 5.69 Å². The fraction of sp³-hybridized carbons (Fsp3) is 0.389. The lowest BCUT2D eigenvalue weighted by atomic mass is 10.1. The van der Waals surface area contributed by atoms with Gasteiger partial charge in [0.2, 0.25) is 0 Å². The molecule has 2 aromatic rings. The smallest absolute Gasteiger partial charge is 0.130 e. The molecule has 0 fully saturated rings. The summed E-state index contributed by atoms with van der Waals surface area (Å²) in [6.07, 6.45) is 0. The lowest BCUT2D eigenvalue weighted by Gasteiger charge is -2.15. The summed E-state index contributed by atoms with van der Waals surface area (Å²) in [7, 11) is 0. The molecule has 2 rings (SSSR count). The van der Waals surface area contributed by atoms with E-state index in [-0.39, 0.29) is 0 Å². The van der Waals surface area contributed by atoms with Crippen LogP contribution >= 0.6 is 0 Å². The van der Waals surface area contributed by atoms with Crippen LogP contribution in [0.15, 0.2) is 36.4 Å². The summed E-state index contributed by atoms with van der Waals surface area (Å²) in [6.45, 7) is 9.85. The van der Waals surface area contributed by atoms with E-state index in [1.165, 1.54) is 5.56 Å². The van der Waals surface area contributed by atoms with Gasteiger partial charge in [0.1, 0.15) is 12.4 Å². The normalized spacial score (nSPS) is 12.2. The van der Waals surface area contributed by atoms with E-state index in [4.69, 9.17) is 4.74 Å². The van der Waals surface area contributed by atoms with E-state index in [2.05, 4.69) is 43.2 Å². The second-order valence-corrected chi connectivity index (χ2v) is 5.36. The Balaban J connectivity index is 2.04. The van der Waals surface area contributed by atoms with Gasteiger partial charge in [0.25, 0.3) is 0 Å². The van der Waals surface area contributed by atoms with Gasteiger partial charge in [0.15, 0.2) is 0 Å². The van der Waals surface area contributed by atoms with Crippen LogP contribution in [0.25, 0.3) is 0 Å². The molecule has 0 amide bonds. The van der Waals surface area contributed by atoms with E-state index < -0.39 is 0 Å². The lowest BCUT2D eigenvalue weighted by Crippen LogP contribution is -2.17. The topological polar surface area (TPSA) is 34.1 Å². The number of aryl methyl sites for hydroxylation is 2. The highest BCUT2D eigenvalue weighted by Gasteiger charge is 2.07. The number of rotatable bonds is 6. The Morgan fingerprint density at radius 1 is 1.19 bits per heavy atom.